The van der Waals surface area contributed by atoms with Crippen LogP contribution < -0.4 is 15.0 Å². The molecule has 3 aromatic rings. The standard InChI is InChI=1S/C22H22FN5O2/c1-30-17-8-6-16(7-9-17)25-20-10-11-24-22(26-20)28-14-12-27(13-15-28)21(29)18-4-2-3-5-19(18)23/h2-11H,12-15H2,1H3,(H,24,25,26). The van der Waals surface area contributed by atoms with Crippen LogP contribution in [0.25, 0.3) is 0 Å². The number of aromatic nitrogens is 2. The fraction of sp³-hybridized carbons (Fsp3) is 0.227. The molecule has 1 aliphatic rings. The van der Waals surface area contributed by atoms with Gasteiger partial charge in [-0.1, -0.05) is 12.1 Å². The summed E-state index contributed by atoms with van der Waals surface area (Å²) in [5, 5.41) is 3.25. The molecule has 1 aliphatic heterocycles. The highest BCUT2D eigenvalue weighted by Crippen LogP contribution is 2.21. The molecule has 0 bridgehead atoms. The number of nitrogens with zero attached hydrogens (tertiary/aromatic N) is 4. The highest BCUT2D eigenvalue weighted by Gasteiger charge is 2.25. The highest BCUT2D eigenvalue weighted by molar-refractivity contribution is 5.94. The van der Waals surface area contributed by atoms with E-state index in [0.717, 1.165) is 11.4 Å². The molecule has 7 nitrogen and oxygen atoms in total. The van der Waals surface area contributed by atoms with Gasteiger partial charge < -0.3 is 19.9 Å². The van der Waals surface area contributed by atoms with E-state index in [1.165, 1.54) is 12.1 Å². The summed E-state index contributed by atoms with van der Waals surface area (Å²) in [6, 6.07) is 15.4. The lowest BCUT2D eigenvalue weighted by Crippen LogP contribution is -2.49. The third-order valence-electron chi connectivity index (χ3n) is 4.96. The molecule has 1 aromatic heterocycles. The summed E-state index contributed by atoms with van der Waals surface area (Å²) in [6.07, 6.45) is 1.70. The first-order valence-electron chi connectivity index (χ1n) is 9.67. The zero-order valence-electron chi connectivity index (χ0n) is 16.6. The minimum absolute atomic E-state index is 0.105. The van der Waals surface area contributed by atoms with E-state index in [4.69, 9.17) is 4.74 Å². The van der Waals surface area contributed by atoms with Crippen molar-refractivity contribution in [2.75, 3.05) is 43.5 Å². The smallest absolute Gasteiger partial charge is 0.256 e. The molecule has 30 heavy (non-hydrogen) atoms. The Hall–Kier alpha value is -3.68. The van der Waals surface area contributed by atoms with Crippen molar-refractivity contribution in [1.82, 2.24) is 14.9 Å². The van der Waals surface area contributed by atoms with E-state index in [1.54, 1.807) is 36.4 Å². The summed E-state index contributed by atoms with van der Waals surface area (Å²) < 4.78 is 19.1. The molecular formula is C22H22FN5O2. The molecule has 8 heteroatoms. The zero-order valence-corrected chi connectivity index (χ0v) is 16.6. The molecular weight excluding hydrogens is 385 g/mol. The second kappa shape index (κ2) is 8.77. The molecule has 0 spiro atoms. The van der Waals surface area contributed by atoms with E-state index < -0.39 is 5.82 Å². The lowest BCUT2D eigenvalue weighted by atomic mass is 10.1. The lowest BCUT2D eigenvalue weighted by Gasteiger charge is -2.34. The van der Waals surface area contributed by atoms with Gasteiger partial charge in [-0.05, 0) is 42.5 Å². The number of benzene rings is 2. The Kier molecular flexibility index (Phi) is 5.74. The van der Waals surface area contributed by atoms with Crippen molar-refractivity contribution >= 4 is 23.4 Å². The molecule has 0 radical (unpaired) electrons. The number of carbonyl (C=O) groups excluding carboxylic acids is 1. The Morgan fingerprint density at radius 2 is 1.77 bits per heavy atom. The number of anilines is 3. The van der Waals surface area contributed by atoms with Crippen molar-refractivity contribution in [3.63, 3.8) is 0 Å². The average Bonchev–Trinajstić information content (AvgIpc) is 2.80. The number of piperazine rings is 1. The summed E-state index contributed by atoms with van der Waals surface area (Å²) in [5.74, 6) is 1.27. The Bertz CT molecular complexity index is 1020. The van der Waals surface area contributed by atoms with Crippen molar-refractivity contribution in [3.05, 3.63) is 72.2 Å². The Labute approximate surface area is 174 Å². The van der Waals surface area contributed by atoms with Gasteiger partial charge in [0.2, 0.25) is 5.95 Å². The van der Waals surface area contributed by atoms with Crippen LogP contribution in [0.5, 0.6) is 5.75 Å². The predicted octanol–water partition coefficient (Wildman–Crippen LogP) is 3.33. The largest absolute Gasteiger partial charge is 0.497 e. The first-order chi connectivity index (χ1) is 14.6. The summed E-state index contributed by atoms with van der Waals surface area (Å²) >= 11 is 0. The van der Waals surface area contributed by atoms with E-state index in [0.29, 0.717) is 37.9 Å². The maximum atomic E-state index is 13.9. The molecule has 0 atom stereocenters. The van der Waals surface area contributed by atoms with Crippen molar-refractivity contribution in [1.29, 1.82) is 0 Å². The van der Waals surface area contributed by atoms with E-state index in [2.05, 4.69) is 15.3 Å². The second-order valence-corrected chi connectivity index (χ2v) is 6.85. The Morgan fingerprint density at radius 3 is 2.47 bits per heavy atom. The molecule has 0 aliphatic carbocycles. The van der Waals surface area contributed by atoms with Crippen molar-refractivity contribution in [2.24, 2.45) is 0 Å². The van der Waals surface area contributed by atoms with Crippen LogP contribution in [0.1, 0.15) is 10.4 Å². The molecule has 0 saturated carbocycles. The van der Waals surface area contributed by atoms with Crippen LogP contribution >= 0.6 is 0 Å². The van der Waals surface area contributed by atoms with Crippen LogP contribution in [0.3, 0.4) is 0 Å². The SMILES string of the molecule is COc1ccc(Nc2ccnc(N3CCN(C(=O)c4ccccc4F)CC3)n2)cc1. The van der Waals surface area contributed by atoms with Gasteiger partial charge in [0.15, 0.2) is 0 Å². The summed E-state index contributed by atoms with van der Waals surface area (Å²) in [5.41, 5.74) is 0.994. The van der Waals surface area contributed by atoms with E-state index in [9.17, 15) is 9.18 Å². The lowest BCUT2D eigenvalue weighted by molar-refractivity contribution is 0.0741. The van der Waals surface area contributed by atoms with Gasteiger partial charge in [0.05, 0.1) is 12.7 Å². The number of rotatable bonds is 5. The quantitative estimate of drug-likeness (QED) is 0.700. The Morgan fingerprint density at radius 1 is 1.03 bits per heavy atom. The summed E-state index contributed by atoms with van der Waals surface area (Å²) in [6.45, 7) is 2.11. The first-order valence-corrected chi connectivity index (χ1v) is 9.67. The molecule has 154 valence electrons. The van der Waals surface area contributed by atoms with E-state index in [1.807, 2.05) is 29.2 Å². The van der Waals surface area contributed by atoms with Crippen LogP contribution in [-0.2, 0) is 0 Å². The zero-order chi connectivity index (χ0) is 20.9. The van der Waals surface area contributed by atoms with Crippen molar-refractivity contribution < 1.29 is 13.9 Å². The number of carbonyl (C=O) groups is 1. The maximum Gasteiger partial charge on any atom is 0.256 e. The molecule has 1 fully saturated rings. The van der Waals surface area contributed by atoms with Gasteiger partial charge in [-0.25, -0.2) is 9.37 Å². The van der Waals surface area contributed by atoms with Crippen molar-refractivity contribution in [2.45, 2.75) is 0 Å². The topological polar surface area (TPSA) is 70.6 Å². The molecule has 2 heterocycles. The fourth-order valence-corrected chi connectivity index (χ4v) is 3.31. The molecule has 1 saturated heterocycles. The number of hydrogen-bond acceptors (Lipinski definition) is 6. The monoisotopic (exact) mass is 407 g/mol. The fourth-order valence-electron chi connectivity index (χ4n) is 3.31. The molecule has 2 aromatic carbocycles. The predicted molar refractivity (Wildman–Crippen MR) is 113 cm³/mol. The second-order valence-electron chi connectivity index (χ2n) is 6.85. The van der Waals surface area contributed by atoms with Crippen molar-refractivity contribution in [3.8, 4) is 5.75 Å². The number of nitrogens with one attached hydrogen (secondary N) is 1. The first kappa shape index (κ1) is 19.6. The van der Waals surface area contributed by atoms with Gasteiger partial charge in [-0.15, -0.1) is 0 Å². The van der Waals surface area contributed by atoms with Crippen LogP contribution in [0.2, 0.25) is 0 Å². The van der Waals surface area contributed by atoms with Gasteiger partial charge in [0.25, 0.3) is 5.91 Å². The van der Waals surface area contributed by atoms with Gasteiger partial charge in [0, 0.05) is 38.1 Å². The minimum Gasteiger partial charge on any atom is -0.497 e. The number of hydrogen-bond donors (Lipinski definition) is 1. The van der Waals surface area contributed by atoms with Gasteiger partial charge in [-0.2, -0.15) is 4.98 Å². The van der Waals surface area contributed by atoms with Gasteiger partial charge in [-0.3, -0.25) is 4.79 Å². The van der Waals surface area contributed by atoms with Gasteiger partial charge >= 0.3 is 0 Å². The number of ether oxygens (including phenoxy) is 1. The summed E-state index contributed by atoms with van der Waals surface area (Å²) in [4.78, 5) is 25.2. The molecule has 1 N–H and O–H groups in total. The van der Waals surface area contributed by atoms with Crippen LogP contribution in [0.15, 0.2) is 60.8 Å². The van der Waals surface area contributed by atoms with Crippen LogP contribution in [0, 0.1) is 5.82 Å². The van der Waals surface area contributed by atoms with Crippen LogP contribution in [-0.4, -0.2) is 54.1 Å². The normalized spacial score (nSPS) is 13.8. The number of methoxy groups -OCH3 is 1. The maximum absolute atomic E-state index is 13.9. The number of amides is 1. The third-order valence-corrected chi connectivity index (χ3v) is 4.96. The Balaban J connectivity index is 1.39. The summed E-state index contributed by atoms with van der Waals surface area (Å²) in [7, 11) is 1.63. The molecule has 4 rings (SSSR count). The van der Waals surface area contributed by atoms with E-state index >= 15 is 0 Å². The molecule has 1 amide bonds. The van der Waals surface area contributed by atoms with Gasteiger partial charge in [0.1, 0.15) is 17.4 Å². The highest BCUT2D eigenvalue weighted by atomic mass is 19.1. The molecule has 0 unspecified atom stereocenters. The minimum atomic E-state index is -0.495. The van der Waals surface area contributed by atoms with Crippen LogP contribution in [0.4, 0.5) is 21.8 Å². The average molecular weight is 407 g/mol. The third kappa shape index (κ3) is 4.32. The number of halogens is 1. The van der Waals surface area contributed by atoms with E-state index in [-0.39, 0.29) is 11.5 Å².